The van der Waals surface area contributed by atoms with Crippen molar-refractivity contribution in [2.24, 2.45) is 5.92 Å². The van der Waals surface area contributed by atoms with E-state index in [4.69, 9.17) is 9.63 Å². The van der Waals surface area contributed by atoms with Gasteiger partial charge in [-0.2, -0.15) is 0 Å². The predicted octanol–water partition coefficient (Wildman–Crippen LogP) is 0.476. The fraction of sp³-hybridized carbons (Fsp3) is 0.750. The molecule has 2 saturated heterocycles. The molecule has 23 heavy (non-hydrogen) atoms. The van der Waals surface area contributed by atoms with Crippen LogP contribution in [0, 0.1) is 5.92 Å². The van der Waals surface area contributed by atoms with Crippen molar-refractivity contribution in [3.63, 3.8) is 0 Å². The molecule has 2 aliphatic rings. The lowest BCUT2D eigenvalue weighted by atomic mass is 9.98. The number of piperidine rings is 2. The van der Waals surface area contributed by atoms with Gasteiger partial charge in [0.05, 0.1) is 12.6 Å². The third-order valence-electron chi connectivity index (χ3n) is 4.87. The van der Waals surface area contributed by atoms with Gasteiger partial charge >= 0.3 is 0 Å². The van der Waals surface area contributed by atoms with Crippen LogP contribution in [-0.4, -0.2) is 70.0 Å². The SMILES string of the molecule is O=C(c1cc(CN2CCC(O)CC2)on1)N1CCC(CO)CC1. The summed E-state index contributed by atoms with van der Waals surface area (Å²) in [4.78, 5) is 16.4. The summed E-state index contributed by atoms with van der Waals surface area (Å²) < 4.78 is 5.31. The minimum atomic E-state index is -0.194. The fourth-order valence-corrected chi connectivity index (χ4v) is 3.27. The molecule has 0 aromatic carbocycles. The molecular formula is C16H25N3O4. The minimum Gasteiger partial charge on any atom is -0.396 e. The molecule has 0 atom stereocenters. The molecule has 2 N–H and O–H groups in total. The van der Waals surface area contributed by atoms with Gasteiger partial charge in [0.15, 0.2) is 11.5 Å². The summed E-state index contributed by atoms with van der Waals surface area (Å²) in [6.45, 7) is 3.81. The molecule has 0 radical (unpaired) electrons. The van der Waals surface area contributed by atoms with E-state index in [9.17, 15) is 9.90 Å². The molecule has 0 spiro atoms. The summed E-state index contributed by atoms with van der Waals surface area (Å²) in [5.74, 6) is 0.904. The average molecular weight is 323 g/mol. The van der Waals surface area contributed by atoms with Crippen molar-refractivity contribution in [2.45, 2.75) is 38.3 Å². The third-order valence-corrected chi connectivity index (χ3v) is 4.87. The van der Waals surface area contributed by atoms with Gasteiger partial charge < -0.3 is 19.6 Å². The highest BCUT2D eigenvalue weighted by atomic mass is 16.5. The smallest absolute Gasteiger partial charge is 0.276 e. The van der Waals surface area contributed by atoms with Crippen molar-refractivity contribution >= 4 is 5.91 Å². The van der Waals surface area contributed by atoms with E-state index in [0.717, 1.165) is 38.8 Å². The molecule has 0 bridgehead atoms. The van der Waals surface area contributed by atoms with Crippen molar-refractivity contribution in [2.75, 3.05) is 32.8 Å². The lowest BCUT2D eigenvalue weighted by molar-refractivity contribution is 0.0639. The van der Waals surface area contributed by atoms with Gasteiger partial charge in [-0.1, -0.05) is 5.16 Å². The summed E-state index contributed by atoms with van der Waals surface area (Å²) in [5, 5.41) is 22.6. The number of aromatic nitrogens is 1. The van der Waals surface area contributed by atoms with Gasteiger partial charge in [-0.25, -0.2) is 0 Å². The summed E-state index contributed by atoms with van der Waals surface area (Å²) >= 11 is 0. The summed E-state index contributed by atoms with van der Waals surface area (Å²) in [6.07, 6.45) is 3.03. The Kier molecular flexibility index (Phi) is 5.30. The number of likely N-dealkylation sites (tertiary alicyclic amines) is 2. The second kappa shape index (κ2) is 7.42. The Morgan fingerprint density at radius 1 is 1.22 bits per heavy atom. The number of aliphatic hydroxyl groups is 2. The first-order chi connectivity index (χ1) is 11.2. The second-order valence-electron chi connectivity index (χ2n) is 6.60. The number of hydrogen-bond donors (Lipinski definition) is 2. The highest BCUT2D eigenvalue weighted by Gasteiger charge is 2.26. The normalized spacial score (nSPS) is 21.7. The first-order valence-electron chi connectivity index (χ1n) is 8.42. The predicted molar refractivity (Wildman–Crippen MR) is 82.7 cm³/mol. The van der Waals surface area contributed by atoms with Crippen LogP contribution in [0.5, 0.6) is 0 Å². The number of carbonyl (C=O) groups excluding carboxylic acids is 1. The van der Waals surface area contributed by atoms with Crippen LogP contribution in [0.1, 0.15) is 41.9 Å². The van der Waals surface area contributed by atoms with Gasteiger partial charge in [-0.3, -0.25) is 9.69 Å². The Labute approximate surface area is 135 Å². The number of aliphatic hydroxyl groups excluding tert-OH is 2. The monoisotopic (exact) mass is 323 g/mol. The number of amides is 1. The quantitative estimate of drug-likeness (QED) is 0.837. The van der Waals surface area contributed by atoms with Gasteiger partial charge in [-0.05, 0) is 31.6 Å². The molecule has 7 nitrogen and oxygen atoms in total. The minimum absolute atomic E-state index is 0.0922. The first-order valence-corrected chi connectivity index (χ1v) is 8.42. The number of carbonyl (C=O) groups is 1. The highest BCUT2D eigenvalue weighted by Crippen LogP contribution is 2.19. The molecule has 7 heteroatoms. The Bertz CT molecular complexity index is 517. The maximum absolute atomic E-state index is 12.4. The lowest BCUT2D eigenvalue weighted by Gasteiger charge is -2.30. The maximum Gasteiger partial charge on any atom is 0.276 e. The van der Waals surface area contributed by atoms with E-state index in [0.29, 0.717) is 37.0 Å². The van der Waals surface area contributed by atoms with Crippen LogP contribution in [-0.2, 0) is 6.54 Å². The van der Waals surface area contributed by atoms with Crippen LogP contribution in [0.25, 0.3) is 0 Å². The Morgan fingerprint density at radius 2 is 1.91 bits per heavy atom. The first kappa shape index (κ1) is 16.4. The molecule has 1 aromatic heterocycles. The zero-order valence-electron chi connectivity index (χ0n) is 13.4. The fourth-order valence-electron chi connectivity index (χ4n) is 3.27. The third kappa shape index (κ3) is 4.10. The van der Waals surface area contributed by atoms with Crippen LogP contribution >= 0.6 is 0 Å². The van der Waals surface area contributed by atoms with E-state index in [1.807, 2.05) is 0 Å². The van der Waals surface area contributed by atoms with Crippen LogP contribution in [0.2, 0.25) is 0 Å². The Balaban J connectivity index is 1.53. The number of nitrogens with zero attached hydrogens (tertiary/aromatic N) is 3. The van der Waals surface area contributed by atoms with E-state index < -0.39 is 0 Å². The Morgan fingerprint density at radius 3 is 2.57 bits per heavy atom. The molecular weight excluding hydrogens is 298 g/mol. The van der Waals surface area contributed by atoms with Crippen LogP contribution < -0.4 is 0 Å². The van der Waals surface area contributed by atoms with Crippen LogP contribution in [0.15, 0.2) is 10.6 Å². The number of hydrogen-bond acceptors (Lipinski definition) is 6. The Hall–Kier alpha value is -1.44. The summed E-state index contributed by atoms with van der Waals surface area (Å²) in [6, 6.07) is 1.73. The molecule has 1 aromatic rings. The van der Waals surface area contributed by atoms with Gasteiger partial charge in [0.25, 0.3) is 5.91 Å². The summed E-state index contributed by atoms with van der Waals surface area (Å²) in [7, 11) is 0. The van der Waals surface area contributed by atoms with E-state index in [-0.39, 0.29) is 18.6 Å². The van der Waals surface area contributed by atoms with Crippen molar-refractivity contribution < 1.29 is 19.5 Å². The van der Waals surface area contributed by atoms with Crippen molar-refractivity contribution in [3.05, 3.63) is 17.5 Å². The van der Waals surface area contributed by atoms with Crippen molar-refractivity contribution in [1.82, 2.24) is 15.0 Å². The molecule has 1 amide bonds. The van der Waals surface area contributed by atoms with Crippen molar-refractivity contribution in [1.29, 1.82) is 0 Å². The second-order valence-corrected chi connectivity index (χ2v) is 6.60. The highest BCUT2D eigenvalue weighted by molar-refractivity contribution is 5.92. The molecule has 2 aliphatic heterocycles. The van der Waals surface area contributed by atoms with Gasteiger partial charge in [0, 0.05) is 38.9 Å². The van der Waals surface area contributed by atoms with Crippen molar-refractivity contribution in [3.8, 4) is 0 Å². The molecule has 3 heterocycles. The molecule has 0 aliphatic carbocycles. The molecule has 3 rings (SSSR count). The molecule has 128 valence electrons. The lowest BCUT2D eigenvalue weighted by Crippen LogP contribution is -2.39. The summed E-state index contributed by atoms with van der Waals surface area (Å²) in [5.41, 5.74) is 0.361. The zero-order valence-corrected chi connectivity index (χ0v) is 13.4. The van der Waals surface area contributed by atoms with Gasteiger partial charge in [0.1, 0.15) is 0 Å². The standard InChI is InChI=1S/C16H25N3O4/c20-11-12-1-7-19(8-2-12)16(22)15-9-14(23-17-15)10-18-5-3-13(21)4-6-18/h9,12-13,20-21H,1-8,10-11H2. The van der Waals surface area contributed by atoms with Crippen LogP contribution in [0.4, 0.5) is 0 Å². The van der Waals surface area contributed by atoms with E-state index in [2.05, 4.69) is 10.1 Å². The van der Waals surface area contributed by atoms with Gasteiger partial charge in [0.2, 0.25) is 0 Å². The largest absolute Gasteiger partial charge is 0.396 e. The van der Waals surface area contributed by atoms with E-state index >= 15 is 0 Å². The van der Waals surface area contributed by atoms with E-state index in [1.165, 1.54) is 0 Å². The topological polar surface area (TPSA) is 90.0 Å². The van der Waals surface area contributed by atoms with E-state index in [1.54, 1.807) is 11.0 Å². The average Bonchev–Trinajstić information content (AvgIpc) is 3.05. The molecule has 0 unspecified atom stereocenters. The molecule has 0 saturated carbocycles. The maximum atomic E-state index is 12.4. The molecule has 2 fully saturated rings. The van der Waals surface area contributed by atoms with Crippen LogP contribution in [0.3, 0.4) is 0 Å². The van der Waals surface area contributed by atoms with Gasteiger partial charge in [-0.15, -0.1) is 0 Å². The number of rotatable bonds is 4. The zero-order chi connectivity index (χ0) is 16.2.